The van der Waals surface area contributed by atoms with E-state index < -0.39 is 0 Å². The molecule has 0 fully saturated rings. The average Bonchev–Trinajstić information content (AvgIpc) is 2.67. The van der Waals surface area contributed by atoms with Crippen molar-refractivity contribution in [2.75, 3.05) is 7.11 Å². The molecule has 13 heavy (non-hydrogen) atoms. The molecule has 66 valence electrons. The summed E-state index contributed by atoms with van der Waals surface area (Å²) >= 11 is 0. The van der Waals surface area contributed by atoms with Gasteiger partial charge in [0.25, 0.3) is 0 Å². The van der Waals surface area contributed by atoms with E-state index in [-0.39, 0.29) is 0 Å². The number of ether oxygens (including phenoxy) is 1. The summed E-state index contributed by atoms with van der Waals surface area (Å²) in [5.74, 6) is 0.659. The van der Waals surface area contributed by atoms with Crippen molar-refractivity contribution < 1.29 is 9.26 Å². The van der Waals surface area contributed by atoms with Crippen LogP contribution in [0.15, 0.2) is 41.1 Å². The van der Waals surface area contributed by atoms with Gasteiger partial charge in [0.05, 0.1) is 7.11 Å². The monoisotopic (exact) mass is 175 g/mol. The van der Waals surface area contributed by atoms with Gasteiger partial charge in [0, 0.05) is 5.56 Å². The van der Waals surface area contributed by atoms with E-state index in [0.29, 0.717) is 5.75 Å². The van der Waals surface area contributed by atoms with Crippen LogP contribution >= 0.6 is 0 Å². The summed E-state index contributed by atoms with van der Waals surface area (Å²) < 4.78 is 9.90. The molecule has 0 saturated heterocycles. The minimum atomic E-state index is 0.659. The summed E-state index contributed by atoms with van der Waals surface area (Å²) in [7, 11) is 1.60. The molecule has 0 amide bonds. The van der Waals surface area contributed by atoms with E-state index in [9.17, 15) is 0 Å². The largest absolute Gasteiger partial charge is 0.491 e. The van der Waals surface area contributed by atoms with Crippen molar-refractivity contribution >= 4 is 0 Å². The summed E-state index contributed by atoms with van der Waals surface area (Å²) in [4.78, 5) is 0. The molecule has 0 aliphatic carbocycles. The summed E-state index contributed by atoms with van der Waals surface area (Å²) in [6.45, 7) is 0. The summed E-state index contributed by atoms with van der Waals surface area (Å²) in [5, 5.41) is 3.86. The van der Waals surface area contributed by atoms with Crippen molar-refractivity contribution in [2.45, 2.75) is 0 Å². The lowest BCUT2D eigenvalue weighted by atomic mass is 10.1. The molecule has 2 rings (SSSR count). The molecule has 1 aromatic carbocycles. The molecule has 1 heterocycles. The van der Waals surface area contributed by atoms with Gasteiger partial charge in [0.1, 0.15) is 0 Å². The number of hydrogen-bond donors (Lipinski definition) is 0. The molecule has 0 radical (unpaired) electrons. The van der Waals surface area contributed by atoms with Crippen LogP contribution in [-0.2, 0) is 0 Å². The Morgan fingerprint density at radius 2 is 2.00 bits per heavy atom. The van der Waals surface area contributed by atoms with Crippen molar-refractivity contribution in [1.82, 2.24) is 5.16 Å². The van der Waals surface area contributed by atoms with Crippen molar-refractivity contribution in [3.8, 4) is 17.0 Å². The van der Waals surface area contributed by atoms with Crippen molar-refractivity contribution in [1.29, 1.82) is 0 Å². The lowest BCUT2D eigenvalue weighted by Gasteiger charge is -1.97. The minimum Gasteiger partial charge on any atom is -0.491 e. The van der Waals surface area contributed by atoms with Gasteiger partial charge in [-0.2, -0.15) is 0 Å². The van der Waals surface area contributed by atoms with Crippen LogP contribution in [0.2, 0.25) is 0 Å². The second-order valence-corrected chi connectivity index (χ2v) is 2.60. The molecule has 0 saturated carbocycles. The average molecular weight is 175 g/mol. The second kappa shape index (κ2) is 3.31. The lowest BCUT2D eigenvalue weighted by Crippen LogP contribution is -1.83. The Bertz CT molecular complexity index is 381. The van der Waals surface area contributed by atoms with E-state index >= 15 is 0 Å². The number of aromatic nitrogens is 1. The Kier molecular flexibility index (Phi) is 2.00. The molecule has 2 aromatic rings. The van der Waals surface area contributed by atoms with Crippen molar-refractivity contribution in [3.63, 3.8) is 0 Å². The maximum atomic E-state index is 5.08. The van der Waals surface area contributed by atoms with Gasteiger partial charge >= 0.3 is 0 Å². The Morgan fingerprint density at radius 1 is 1.23 bits per heavy atom. The summed E-state index contributed by atoms with van der Waals surface area (Å²) in [6, 6.07) is 9.77. The van der Waals surface area contributed by atoms with Gasteiger partial charge in [-0.25, -0.2) is 0 Å². The number of benzene rings is 1. The molecule has 0 spiro atoms. The first kappa shape index (κ1) is 7.86. The molecule has 0 aliphatic heterocycles. The Morgan fingerprint density at radius 3 is 2.69 bits per heavy atom. The fourth-order valence-electron chi connectivity index (χ4n) is 1.16. The zero-order valence-corrected chi connectivity index (χ0v) is 7.23. The first-order valence-electron chi connectivity index (χ1n) is 3.95. The third kappa shape index (κ3) is 1.40. The van der Waals surface area contributed by atoms with Crippen LogP contribution in [0.25, 0.3) is 11.3 Å². The normalized spacial score (nSPS) is 9.92. The molecule has 0 aliphatic rings. The third-order valence-electron chi connectivity index (χ3n) is 1.80. The van der Waals surface area contributed by atoms with Gasteiger partial charge in [-0.05, 0) is 0 Å². The second-order valence-electron chi connectivity index (χ2n) is 2.60. The zero-order chi connectivity index (χ0) is 9.10. The van der Waals surface area contributed by atoms with Crippen LogP contribution in [0.5, 0.6) is 5.75 Å². The Labute approximate surface area is 75.9 Å². The molecule has 0 N–H and O–H groups in total. The zero-order valence-electron chi connectivity index (χ0n) is 7.23. The fourth-order valence-corrected chi connectivity index (χ4v) is 1.16. The standard InChI is InChI=1S/C10H9NO2/c1-12-9-7-13-11-10(9)8-5-3-2-4-6-8/h2-7H,1H3. The van der Waals surface area contributed by atoms with E-state index in [1.54, 1.807) is 7.11 Å². The number of methoxy groups -OCH3 is 1. The molecule has 1 aromatic heterocycles. The first-order chi connectivity index (χ1) is 6.42. The maximum Gasteiger partial charge on any atom is 0.186 e. The maximum absolute atomic E-state index is 5.08. The summed E-state index contributed by atoms with van der Waals surface area (Å²) in [5.41, 5.74) is 1.73. The minimum absolute atomic E-state index is 0.659. The molecule has 3 heteroatoms. The number of hydrogen-bond acceptors (Lipinski definition) is 3. The predicted molar refractivity (Wildman–Crippen MR) is 48.5 cm³/mol. The molecule has 0 unspecified atom stereocenters. The van der Waals surface area contributed by atoms with Crippen LogP contribution < -0.4 is 4.74 Å². The number of rotatable bonds is 2. The van der Waals surface area contributed by atoms with Gasteiger partial charge in [-0.1, -0.05) is 35.5 Å². The van der Waals surface area contributed by atoms with Gasteiger partial charge in [0.2, 0.25) is 0 Å². The van der Waals surface area contributed by atoms with Crippen LogP contribution in [-0.4, -0.2) is 12.3 Å². The highest BCUT2D eigenvalue weighted by Gasteiger charge is 2.08. The number of nitrogens with zero attached hydrogens (tertiary/aromatic N) is 1. The lowest BCUT2D eigenvalue weighted by molar-refractivity contribution is 0.390. The van der Waals surface area contributed by atoms with Crippen LogP contribution in [0.4, 0.5) is 0 Å². The Balaban J connectivity index is 2.47. The van der Waals surface area contributed by atoms with E-state index in [1.807, 2.05) is 30.3 Å². The highest BCUT2D eigenvalue weighted by atomic mass is 16.5. The highest BCUT2D eigenvalue weighted by Crippen LogP contribution is 2.27. The highest BCUT2D eigenvalue weighted by molar-refractivity contribution is 5.64. The first-order valence-corrected chi connectivity index (χ1v) is 3.95. The summed E-state index contributed by atoms with van der Waals surface area (Å²) in [6.07, 6.45) is 1.49. The van der Waals surface area contributed by atoms with E-state index in [2.05, 4.69) is 5.16 Å². The van der Waals surface area contributed by atoms with Crippen LogP contribution in [0.1, 0.15) is 0 Å². The van der Waals surface area contributed by atoms with Gasteiger partial charge in [0.15, 0.2) is 17.7 Å². The topological polar surface area (TPSA) is 35.3 Å². The van der Waals surface area contributed by atoms with Gasteiger partial charge in [-0.3, -0.25) is 0 Å². The van der Waals surface area contributed by atoms with Gasteiger partial charge < -0.3 is 9.26 Å². The predicted octanol–water partition coefficient (Wildman–Crippen LogP) is 2.35. The van der Waals surface area contributed by atoms with Gasteiger partial charge in [-0.15, -0.1) is 0 Å². The molecule has 0 atom stereocenters. The van der Waals surface area contributed by atoms with Crippen molar-refractivity contribution in [2.24, 2.45) is 0 Å². The van der Waals surface area contributed by atoms with E-state index in [0.717, 1.165) is 11.3 Å². The van der Waals surface area contributed by atoms with Crippen molar-refractivity contribution in [3.05, 3.63) is 36.6 Å². The molecular formula is C10H9NO2. The van der Waals surface area contributed by atoms with E-state index in [1.165, 1.54) is 6.26 Å². The third-order valence-corrected chi connectivity index (χ3v) is 1.80. The van der Waals surface area contributed by atoms with E-state index in [4.69, 9.17) is 9.26 Å². The molecule has 3 nitrogen and oxygen atoms in total. The van der Waals surface area contributed by atoms with Crippen LogP contribution in [0.3, 0.4) is 0 Å². The SMILES string of the molecule is COc1conc1-c1ccccc1. The smallest absolute Gasteiger partial charge is 0.186 e. The van der Waals surface area contributed by atoms with Crippen LogP contribution in [0, 0.1) is 0 Å². The molecule has 0 bridgehead atoms. The quantitative estimate of drug-likeness (QED) is 0.702. The molecular weight excluding hydrogens is 166 g/mol. The fraction of sp³-hybridized carbons (Fsp3) is 0.100. The Hall–Kier alpha value is -1.77.